The zero-order chi connectivity index (χ0) is 8.10. The van der Waals surface area contributed by atoms with Gasteiger partial charge in [0.1, 0.15) is 0 Å². The first-order valence-corrected chi connectivity index (χ1v) is 4.36. The van der Waals surface area contributed by atoms with Crippen LogP contribution in [0.4, 0.5) is 0 Å². The minimum absolute atomic E-state index is 0.984. The monoisotopic (exact) mass is 156 g/mol. The highest BCUT2D eigenvalue weighted by Gasteiger charge is 2.11. The van der Waals surface area contributed by atoms with Crippen LogP contribution in [0.5, 0.6) is 0 Å². The predicted octanol–water partition coefficient (Wildman–Crippen LogP) is -0.208. The fraction of sp³-hybridized carbons (Fsp3) is 0.875. The van der Waals surface area contributed by atoms with Gasteiger partial charge in [0.25, 0.3) is 0 Å². The SMILES string of the molecule is CC[C](N)CN1CCNCC1. The minimum atomic E-state index is 0.984. The van der Waals surface area contributed by atoms with Crippen molar-refractivity contribution in [1.82, 2.24) is 10.2 Å². The van der Waals surface area contributed by atoms with Crippen molar-refractivity contribution in [2.45, 2.75) is 13.3 Å². The first kappa shape index (κ1) is 8.97. The molecule has 1 heterocycles. The molecule has 1 radical (unpaired) electrons. The van der Waals surface area contributed by atoms with Crippen LogP contribution in [-0.2, 0) is 0 Å². The average molecular weight is 156 g/mol. The van der Waals surface area contributed by atoms with Gasteiger partial charge in [-0.05, 0) is 6.42 Å². The van der Waals surface area contributed by atoms with Gasteiger partial charge in [-0.25, -0.2) is 0 Å². The number of hydrogen-bond acceptors (Lipinski definition) is 3. The quantitative estimate of drug-likeness (QED) is 0.594. The molecule has 0 saturated carbocycles. The summed E-state index contributed by atoms with van der Waals surface area (Å²) in [5, 5.41) is 3.31. The molecular formula is C8H18N3. The molecule has 3 nitrogen and oxygen atoms in total. The summed E-state index contributed by atoms with van der Waals surface area (Å²) in [6.45, 7) is 7.59. The summed E-state index contributed by atoms with van der Waals surface area (Å²) < 4.78 is 0. The summed E-state index contributed by atoms with van der Waals surface area (Å²) in [4.78, 5) is 2.40. The van der Waals surface area contributed by atoms with E-state index in [0.717, 1.165) is 45.2 Å². The van der Waals surface area contributed by atoms with Crippen molar-refractivity contribution in [3.8, 4) is 0 Å². The lowest BCUT2D eigenvalue weighted by atomic mass is 10.2. The Morgan fingerprint density at radius 3 is 2.64 bits per heavy atom. The smallest absolute Gasteiger partial charge is 0.0475 e. The Hall–Kier alpha value is -0.120. The number of piperazine rings is 1. The van der Waals surface area contributed by atoms with Crippen molar-refractivity contribution in [3.63, 3.8) is 0 Å². The van der Waals surface area contributed by atoms with Crippen LogP contribution in [0.3, 0.4) is 0 Å². The molecule has 0 amide bonds. The van der Waals surface area contributed by atoms with Crippen LogP contribution in [0.15, 0.2) is 0 Å². The van der Waals surface area contributed by atoms with Crippen LogP contribution in [0.2, 0.25) is 0 Å². The highest BCUT2D eigenvalue weighted by Crippen LogP contribution is 2.01. The maximum absolute atomic E-state index is 5.76. The van der Waals surface area contributed by atoms with Crippen LogP contribution in [0.1, 0.15) is 13.3 Å². The first-order valence-electron chi connectivity index (χ1n) is 4.36. The molecule has 0 atom stereocenters. The van der Waals surface area contributed by atoms with Gasteiger partial charge in [-0.1, -0.05) is 6.92 Å². The van der Waals surface area contributed by atoms with Gasteiger partial charge >= 0.3 is 0 Å². The molecule has 11 heavy (non-hydrogen) atoms. The third-order valence-electron chi connectivity index (χ3n) is 2.09. The highest BCUT2D eigenvalue weighted by molar-refractivity contribution is 4.85. The predicted molar refractivity (Wildman–Crippen MR) is 47.0 cm³/mol. The molecule has 3 heteroatoms. The molecule has 1 aliphatic rings. The number of nitrogens with one attached hydrogen (secondary N) is 1. The van der Waals surface area contributed by atoms with Crippen LogP contribution in [0, 0.1) is 6.04 Å². The van der Waals surface area contributed by atoms with E-state index in [9.17, 15) is 0 Å². The Kier molecular flexibility index (Phi) is 3.83. The number of rotatable bonds is 3. The fourth-order valence-corrected chi connectivity index (χ4v) is 1.27. The van der Waals surface area contributed by atoms with Crippen LogP contribution in [0.25, 0.3) is 0 Å². The lowest BCUT2D eigenvalue weighted by Crippen LogP contribution is -2.45. The molecule has 65 valence electrons. The lowest BCUT2D eigenvalue weighted by molar-refractivity contribution is 0.246. The maximum Gasteiger partial charge on any atom is 0.0475 e. The molecule has 1 aliphatic heterocycles. The first-order chi connectivity index (χ1) is 5.33. The van der Waals surface area contributed by atoms with Crippen molar-refractivity contribution >= 4 is 0 Å². The fourth-order valence-electron chi connectivity index (χ4n) is 1.27. The summed E-state index contributed by atoms with van der Waals surface area (Å²) in [6, 6.07) is 1.10. The Labute approximate surface area is 68.9 Å². The second-order valence-electron chi connectivity index (χ2n) is 3.04. The lowest BCUT2D eigenvalue weighted by Gasteiger charge is -2.28. The molecule has 1 saturated heterocycles. The van der Waals surface area contributed by atoms with Crippen molar-refractivity contribution in [3.05, 3.63) is 6.04 Å². The van der Waals surface area contributed by atoms with E-state index < -0.39 is 0 Å². The number of nitrogens with zero attached hydrogens (tertiary/aromatic N) is 1. The van der Waals surface area contributed by atoms with Gasteiger partial charge in [0, 0.05) is 38.8 Å². The molecule has 0 aromatic rings. The molecular weight excluding hydrogens is 138 g/mol. The van der Waals surface area contributed by atoms with Crippen LogP contribution < -0.4 is 11.1 Å². The summed E-state index contributed by atoms with van der Waals surface area (Å²) in [5.41, 5.74) is 5.76. The highest BCUT2D eigenvalue weighted by atomic mass is 15.2. The van der Waals surface area contributed by atoms with Gasteiger partial charge in [-0.15, -0.1) is 0 Å². The van der Waals surface area contributed by atoms with Gasteiger partial charge in [-0.2, -0.15) is 0 Å². The van der Waals surface area contributed by atoms with Gasteiger partial charge in [0.2, 0.25) is 0 Å². The molecule has 0 aliphatic carbocycles. The molecule has 0 aromatic heterocycles. The summed E-state index contributed by atoms with van der Waals surface area (Å²) in [5.74, 6) is 0. The van der Waals surface area contributed by atoms with Gasteiger partial charge < -0.3 is 11.1 Å². The standard InChI is InChI=1S/C8H18N3/c1-2-8(9)7-11-5-3-10-4-6-11/h10H,2-7,9H2,1H3. The van der Waals surface area contributed by atoms with E-state index in [4.69, 9.17) is 5.73 Å². The molecule has 0 unspecified atom stereocenters. The summed E-state index contributed by atoms with van der Waals surface area (Å²) in [7, 11) is 0. The maximum atomic E-state index is 5.76. The number of hydrogen-bond donors (Lipinski definition) is 2. The van der Waals surface area contributed by atoms with E-state index in [1.165, 1.54) is 0 Å². The Bertz CT molecular complexity index is 99.5. The van der Waals surface area contributed by atoms with Gasteiger partial charge in [0.15, 0.2) is 0 Å². The third kappa shape index (κ3) is 3.18. The van der Waals surface area contributed by atoms with Crippen LogP contribution in [-0.4, -0.2) is 37.6 Å². The van der Waals surface area contributed by atoms with E-state index in [0.29, 0.717) is 0 Å². The molecule has 1 fully saturated rings. The number of nitrogens with two attached hydrogens (primary N) is 1. The van der Waals surface area contributed by atoms with Gasteiger partial charge in [-0.3, -0.25) is 4.90 Å². The minimum Gasteiger partial charge on any atom is -0.322 e. The second kappa shape index (κ2) is 4.70. The zero-order valence-corrected chi connectivity index (χ0v) is 7.27. The third-order valence-corrected chi connectivity index (χ3v) is 2.09. The topological polar surface area (TPSA) is 41.3 Å². The van der Waals surface area contributed by atoms with Crippen molar-refractivity contribution in [2.75, 3.05) is 32.7 Å². The van der Waals surface area contributed by atoms with E-state index in [2.05, 4.69) is 17.1 Å². The Balaban J connectivity index is 2.13. The van der Waals surface area contributed by atoms with Crippen molar-refractivity contribution in [1.29, 1.82) is 0 Å². The molecule has 0 aromatic carbocycles. The van der Waals surface area contributed by atoms with Crippen molar-refractivity contribution in [2.24, 2.45) is 5.73 Å². The van der Waals surface area contributed by atoms with Crippen molar-refractivity contribution < 1.29 is 0 Å². The summed E-state index contributed by atoms with van der Waals surface area (Å²) in [6.07, 6.45) is 1.00. The Morgan fingerprint density at radius 1 is 1.45 bits per heavy atom. The van der Waals surface area contributed by atoms with Gasteiger partial charge in [0.05, 0.1) is 0 Å². The second-order valence-corrected chi connectivity index (χ2v) is 3.04. The van der Waals surface area contributed by atoms with Crippen LogP contribution >= 0.6 is 0 Å². The largest absolute Gasteiger partial charge is 0.322 e. The van der Waals surface area contributed by atoms with E-state index in [-0.39, 0.29) is 0 Å². The van der Waals surface area contributed by atoms with E-state index >= 15 is 0 Å². The molecule has 1 rings (SSSR count). The normalized spacial score (nSPS) is 21.0. The molecule has 3 N–H and O–H groups in total. The van der Waals surface area contributed by atoms with E-state index in [1.807, 2.05) is 0 Å². The molecule has 0 spiro atoms. The zero-order valence-electron chi connectivity index (χ0n) is 7.27. The van der Waals surface area contributed by atoms with E-state index in [1.54, 1.807) is 0 Å². The molecule has 0 bridgehead atoms. The Morgan fingerprint density at radius 2 is 2.09 bits per heavy atom. The average Bonchev–Trinajstić information content (AvgIpc) is 2.06. The summed E-state index contributed by atoms with van der Waals surface area (Å²) >= 11 is 0.